The van der Waals surface area contributed by atoms with Crippen LogP contribution in [0.1, 0.15) is 11.1 Å². The molecule has 0 atom stereocenters. The van der Waals surface area contributed by atoms with Gasteiger partial charge >= 0.3 is 0 Å². The summed E-state index contributed by atoms with van der Waals surface area (Å²) < 4.78 is 58.8. The Hall–Kier alpha value is -1.74. The smallest absolute Gasteiger partial charge is 0.266 e. The van der Waals surface area contributed by atoms with Gasteiger partial charge in [0.2, 0.25) is 0 Å². The zero-order chi connectivity index (χ0) is 20.3. The van der Waals surface area contributed by atoms with Gasteiger partial charge in [-0.05, 0) is 52.0 Å². The summed E-state index contributed by atoms with van der Waals surface area (Å²) in [6.45, 7) is 10.2. The van der Waals surface area contributed by atoms with Crippen molar-refractivity contribution in [2.75, 3.05) is 13.2 Å². The number of hydrogen-bond donors (Lipinski definition) is 0. The van der Waals surface area contributed by atoms with E-state index in [1.54, 1.807) is 24.3 Å². The minimum absolute atomic E-state index is 0.00269. The Labute approximate surface area is 161 Å². The molecule has 0 spiro atoms. The molecule has 0 aliphatic heterocycles. The van der Waals surface area contributed by atoms with Crippen molar-refractivity contribution in [3.8, 4) is 0 Å². The Morgan fingerprint density at radius 1 is 0.704 bits per heavy atom. The van der Waals surface area contributed by atoms with Gasteiger partial charge in [0.1, 0.15) is 0 Å². The second-order valence-corrected chi connectivity index (χ2v) is 9.79. The minimum atomic E-state index is -4.01. The van der Waals surface area contributed by atoms with Gasteiger partial charge in [0, 0.05) is 5.41 Å². The summed E-state index contributed by atoms with van der Waals surface area (Å²) in [5.74, 6) is 0. The Kier molecular flexibility index (Phi) is 6.47. The highest BCUT2D eigenvalue weighted by Gasteiger charge is 2.27. The fourth-order valence-electron chi connectivity index (χ4n) is 1.99. The van der Waals surface area contributed by atoms with E-state index < -0.39 is 38.9 Å². The highest BCUT2D eigenvalue weighted by molar-refractivity contribution is 7.87. The van der Waals surface area contributed by atoms with Gasteiger partial charge in [-0.2, -0.15) is 16.8 Å². The maximum absolute atomic E-state index is 12.2. The molecule has 0 unspecified atom stereocenters. The van der Waals surface area contributed by atoms with Gasteiger partial charge in [0.15, 0.2) is 0 Å². The molecule has 0 N–H and O–H groups in total. The lowest BCUT2D eigenvalue weighted by Gasteiger charge is -2.23. The molecule has 27 heavy (non-hydrogen) atoms. The third-order valence-electron chi connectivity index (χ3n) is 3.66. The first-order valence-electron chi connectivity index (χ1n) is 8.04. The fourth-order valence-corrected chi connectivity index (χ4v) is 4.01. The molecule has 0 fully saturated rings. The van der Waals surface area contributed by atoms with Crippen LogP contribution in [0.5, 0.6) is 0 Å². The van der Waals surface area contributed by atoms with Crippen LogP contribution in [0.25, 0.3) is 0 Å². The standard InChI is InChI=1S/C19H22O6S2/c1-15-5-9-17(10-6-15)26(20,21)24-13-19(3,4)14-25-27(22,23)18-11-7-16(2)8-12-18/h5-12H,3-4,13-14H2,1-2H3. The predicted molar refractivity (Wildman–Crippen MR) is 102 cm³/mol. The van der Waals surface area contributed by atoms with E-state index in [0.717, 1.165) is 11.1 Å². The zero-order valence-corrected chi connectivity index (χ0v) is 16.8. The molecule has 6 nitrogen and oxygen atoms in total. The van der Waals surface area contributed by atoms with Crippen LogP contribution < -0.4 is 0 Å². The Morgan fingerprint density at radius 2 is 1.00 bits per heavy atom. The van der Waals surface area contributed by atoms with E-state index >= 15 is 0 Å². The van der Waals surface area contributed by atoms with Crippen molar-refractivity contribution >= 4 is 20.2 Å². The Balaban J connectivity index is 2.00. The van der Waals surface area contributed by atoms with Crippen LogP contribution >= 0.6 is 0 Å². The second-order valence-electron chi connectivity index (χ2n) is 6.56. The summed E-state index contributed by atoms with van der Waals surface area (Å²) >= 11 is 0. The average Bonchev–Trinajstić information content (AvgIpc) is 2.60. The number of rotatable bonds is 8. The number of benzene rings is 2. The molecule has 2 aromatic carbocycles. The van der Waals surface area contributed by atoms with Crippen molar-refractivity contribution in [3.05, 3.63) is 73.5 Å². The minimum Gasteiger partial charge on any atom is -0.266 e. The first kappa shape index (κ1) is 21.6. The average molecular weight is 411 g/mol. The molecule has 0 saturated heterocycles. The van der Waals surface area contributed by atoms with E-state index in [4.69, 9.17) is 8.37 Å². The Morgan fingerprint density at radius 3 is 1.30 bits per heavy atom. The third-order valence-corrected chi connectivity index (χ3v) is 6.22. The van der Waals surface area contributed by atoms with E-state index in [9.17, 15) is 16.8 Å². The molecule has 0 amide bonds. The topological polar surface area (TPSA) is 86.7 Å². The normalized spacial score (nSPS) is 12.9. The summed E-state index contributed by atoms with van der Waals surface area (Å²) in [6.07, 6.45) is 0. The van der Waals surface area contributed by atoms with Gasteiger partial charge in [-0.25, -0.2) is 0 Å². The largest absolute Gasteiger partial charge is 0.296 e. The number of aryl methyl sites for hydroxylation is 2. The van der Waals surface area contributed by atoms with E-state index in [1.165, 1.54) is 24.3 Å². The van der Waals surface area contributed by atoms with Crippen LogP contribution in [0, 0.1) is 33.1 Å². The van der Waals surface area contributed by atoms with Crippen LogP contribution in [0.3, 0.4) is 0 Å². The van der Waals surface area contributed by atoms with Crippen LogP contribution in [0.4, 0.5) is 0 Å². The summed E-state index contributed by atoms with van der Waals surface area (Å²) in [4.78, 5) is -0.00538. The van der Waals surface area contributed by atoms with Gasteiger partial charge in [-0.1, -0.05) is 35.4 Å². The van der Waals surface area contributed by atoms with E-state index in [0.29, 0.717) is 0 Å². The van der Waals surface area contributed by atoms with Gasteiger partial charge in [-0.3, -0.25) is 8.37 Å². The van der Waals surface area contributed by atoms with Crippen molar-refractivity contribution in [2.24, 2.45) is 5.41 Å². The molecule has 2 rings (SSSR count). The van der Waals surface area contributed by atoms with Gasteiger partial charge in [-0.15, -0.1) is 0 Å². The highest BCUT2D eigenvalue weighted by Crippen LogP contribution is 2.22. The predicted octanol–water partition coefficient (Wildman–Crippen LogP) is 3.07. The molecule has 0 aromatic heterocycles. The second kappa shape index (κ2) is 8.10. The first-order valence-corrected chi connectivity index (χ1v) is 10.9. The molecule has 0 saturated carbocycles. The van der Waals surface area contributed by atoms with Gasteiger partial charge in [0.25, 0.3) is 20.2 Å². The Bertz CT molecular complexity index is 892. The van der Waals surface area contributed by atoms with Crippen molar-refractivity contribution in [3.63, 3.8) is 0 Å². The number of hydrogen-bond acceptors (Lipinski definition) is 6. The molecule has 0 aliphatic carbocycles. The van der Waals surface area contributed by atoms with Crippen LogP contribution in [0.15, 0.2) is 58.3 Å². The SMILES string of the molecule is [CH2]C([CH2])(COS(=O)(=O)c1ccc(C)cc1)COS(=O)(=O)c1ccc(C)cc1. The lowest BCUT2D eigenvalue weighted by molar-refractivity contribution is 0.159. The van der Waals surface area contributed by atoms with Gasteiger partial charge in [0.05, 0.1) is 23.0 Å². The van der Waals surface area contributed by atoms with Crippen molar-refractivity contribution in [1.82, 2.24) is 0 Å². The van der Waals surface area contributed by atoms with Crippen LogP contribution in [-0.2, 0) is 28.6 Å². The maximum Gasteiger partial charge on any atom is 0.296 e. The quantitative estimate of drug-likeness (QED) is 0.622. The van der Waals surface area contributed by atoms with Crippen molar-refractivity contribution < 1.29 is 25.2 Å². The highest BCUT2D eigenvalue weighted by atomic mass is 32.2. The molecule has 0 heterocycles. The fraction of sp³-hybridized carbons (Fsp3) is 0.263. The molecular formula is C19H22O6S2. The first-order chi connectivity index (χ1) is 12.4. The summed E-state index contributed by atoms with van der Waals surface area (Å²) in [5.41, 5.74) is 0.481. The molecule has 8 heteroatoms. The zero-order valence-electron chi connectivity index (χ0n) is 15.2. The molecule has 0 bridgehead atoms. The molecule has 146 valence electrons. The van der Waals surface area contributed by atoms with E-state index in [1.807, 2.05) is 13.8 Å². The van der Waals surface area contributed by atoms with E-state index in [2.05, 4.69) is 13.8 Å². The molecule has 2 radical (unpaired) electrons. The molecule has 2 aromatic rings. The monoisotopic (exact) mass is 410 g/mol. The summed E-state index contributed by atoms with van der Waals surface area (Å²) in [5, 5.41) is 0. The summed E-state index contributed by atoms with van der Waals surface area (Å²) in [6, 6.07) is 12.3. The van der Waals surface area contributed by atoms with Crippen molar-refractivity contribution in [2.45, 2.75) is 23.6 Å². The molecule has 0 aliphatic rings. The summed E-state index contributed by atoms with van der Waals surface area (Å²) in [7, 11) is -8.01. The van der Waals surface area contributed by atoms with Crippen LogP contribution in [0.2, 0.25) is 0 Å². The molecular weight excluding hydrogens is 388 g/mol. The van der Waals surface area contributed by atoms with E-state index in [-0.39, 0.29) is 9.79 Å². The lowest BCUT2D eigenvalue weighted by atomic mass is 9.97. The lowest BCUT2D eigenvalue weighted by Crippen LogP contribution is -2.29. The van der Waals surface area contributed by atoms with Crippen molar-refractivity contribution in [1.29, 1.82) is 0 Å². The van der Waals surface area contributed by atoms with Crippen LogP contribution in [-0.4, -0.2) is 30.0 Å². The maximum atomic E-state index is 12.2. The van der Waals surface area contributed by atoms with Gasteiger partial charge < -0.3 is 0 Å². The third kappa shape index (κ3) is 6.14.